The lowest BCUT2D eigenvalue weighted by atomic mass is 10.0. The van der Waals surface area contributed by atoms with E-state index in [-0.39, 0.29) is 5.91 Å². The predicted octanol–water partition coefficient (Wildman–Crippen LogP) is 1.83. The van der Waals surface area contributed by atoms with Gasteiger partial charge in [0.25, 0.3) is 5.91 Å². The molecule has 1 amide bonds. The van der Waals surface area contributed by atoms with Gasteiger partial charge in [-0.15, -0.1) is 0 Å². The van der Waals surface area contributed by atoms with Crippen LogP contribution in [-0.4, -0.2) is 33.7 Å². The molecule has 0 aromatic carbocycles. The number of aromatic nitrogens is 2. The summed E-state index contributed by atoms with van der Waals surface area (Å²) in [7, 11) is 1.79. The van der Waals surface area contributed by atoms with Gasteiger partial charge in [0.2, 0.25) is 0 Å². The molecule has 0 aliphatic carbocycles. The number of carbonyl (C=O) groups excluding carboxylic acids is 1. The van der Waals surface area contributed by atoms with Crippen LogP contribution < -0.4 is 5.73 Å². The first-order valence-electron chi connectivity index (χ1n) is 7.19. The third-order valence-corrected chi connectivity index (χ3v) is 3.97. The number of rotatable bonds is 4. The third kappa shape index (κ3) is 2.60. The van der Waals surface area contributed by atoms with Gasteiger partial charge in [-0.25, -0.2) is 0 Å². The van der Waals surface area contributed by atoms with Crippen molar-refractivity contribution in [1.29, 1.82) is 0 Å². The van der Waals surface area contributed by atoms with Gasteiger partial charge in [-0.1, -0.05) is 20.3 Å². The van der Waals surface area contributed by atoms with Gasteiger partial charge >= 0.3 is 0 Å². The Balaban J connectivity index is 2.15. The highest BCUT2D eigenvalue weighted by Crippen LogP contribution is 2.25. The molecule has 1 aromatic heterocycles. The topological polar surface area (TPSA) is 64.2 Å². The van der Waals surface area contributed by atoms with E-state index < -0.39 is 0 Å². The minimum atomic E-state index is 0.0332. The smallest absolute Gasteiger partial charge is 0.274 e. The normalized spacial score (nSPS) is 19.1. The molecule has 1 fully saturated rings. The monoisotopic (exact) mass is 264 g/mol. The van der Waals surface area contributed by atoms with E-state index in [4.69, 9.17) is 5.73 Å². The summed E-state index contributed by atoms with van der Waals surface area (Å²) < 4.78 is 1.63. The number of anilines is 1. The molecule has 1 aromatic rings. The molecule has 5 nitrogen and oxygen atoms in total. The second-order valence-electron chi connectivity index (χ2n) is 5.38. The van der Waals surface area contributed by atoms with E-state index in [2.05, 4.69) is 12.0 Å². The van der Waals surface area contributed by atoms with E-state index in [0.717, 1.165) is 31.6 Å². The van der Waals surface area contributed by atoms with Crippen LogP contribution >= 0.6 is 0 Å². The SMILES string of the molecule is CCCC1CCN(C(=O)c2c(N)c(CC)nn2C)C1. The Morgan fingerprint density at radius 1 is 1.47 bits per heavy atom. The largest absolute Gasteiger partial charge is 0.395 e. The first-order chi connectivity index (χ1) is 9.08. The maximum Gasteiger partial charge on any atom is 0.274 e. The summed E-state index contributed by atoms with van der Waals surface area (Å²) in [6, 6.07) is 0. The maximum atomic E-state index is 12.6. The fraction of sp³-hybridized carbons (Fsp3) is 0.714. The van der Waals surface area contributed by atoms with Gasteiger partial charge in [-0.05, 0) is 25.2 Å². The molecule has 1 unspecified atom stereocenters. The van der Waals surface area contributed by atoms with Crippen molar-refractivity contribution in [3.8, 4) is 0 Å². The number of likely N-dealkylation sites (tertiary alicyclic amines) is 1. The van der Waals surface area contributed by atoms with Crippen molar-refractivity contribution in [3.05, 3.63) is 11.4 Å². The molecule has 0 radical (unpaired) electrons. The summed E-state index contributed by atoms with van der Waals surface area (Å²) in [5, 5.41) is 4.32. The second-order valence-corrected chi connectivity index (χ2v) is 5.38. The molecule has 1 aliphatic rings. The number of nitrogens with zero attached hydrogens (tertiary/aromatic N) is 3. The number of hydrogen-bond acceptors (Lipinski definition) is 3. The van der Waals surface area contributed by atoms with Crippen LogP contribution in [0.25, 0.3) is 0 Å². The van der Waals surface area contributed by atoms with Crippen molar-refractivity contribution in [3.63, 3.8) is 0 Å². The average Bonchev–Trinajstić information content (AvgIpc) is 2.94. The minimum absolute atomic E-state index is 0.0332. The van der Waals surface area contributed by atoms with Crippen LogP contribution in [0, 0.1) is 5.92 Å². The van der Waals surface area contributed by atoms with Crippen LogP contribution in [0.2, 0.25) is 0 Å². The average molecular weight is 264 g/mol. The lowest BCUT2D eigenvalue weighted by Crippen LogP contribution is -2.31. The van der Waals surface area contributed by atoms with Crippen molar-refractivity contribution in [2.24, 2.45) is 13.0 Å². The zero-order valence-electron chi connectivity index (χ0n) is 12.1. The molecule has 1 atom stereocenters. The van der Waals surface area contributed by atoms with E-state index in [9.17, 15) is 4.79 Å². The molecule has 1 saturated heterocycles. The fourth-order valence-corrected chi connectivity index (χ4v) is 2.92. The second kappa shape index (κ2) is 5.63. The van der Waals surface area contributed by atoms with Crippen LogP contribution in [0.5, 0.6) is 0 Å². The molecular weight excluding hydrogens is 240 g/mol. The Bertz CT molecular complexity index is 466. The quantitative estimate of drug-likeness (QED) is 0.902. The molecule has 2 N–H and O–H groups in total. The fourth-order valence-electron chi connectivity index (χ4n) is 2.92. The van der Waals surface area contributed by atoms with Crippen LogP contribution in [0.1, 0.15) is 49.3 Å². The number of aryl methyl sites for hydroxylation is 2. The highest BCUT2D eigenvalue weighted by atomic mass is 16.2. The van der Waals surface area contributed by atoms with Crippen LogP contribution in [0.3, 0.4) is 0 Å². The number of carbonyl (C=O) groups is 1. The van der Waals surface area contributed by atoms with Gasteiger partial charge in [0.15, 0.2) is 0 Å². The van der Waals surface area contributed by atoms with Gasteiger partial charge < -0.3 is 10.6 Å². The molecule has 19 heavy (non-hydrogen) atoms. The highest BCUT2D eigenvalue weighted by molar-refractivity contribution is 5.98. The van der Waals surface area contributed by atoms with E-state index in [1.165, 1.54) is 12.8 Å². The molecule has 0 saturated carbocycles. The summed E-state index contributed by atoms with van der Waals surface area (Å²) in [4.78, 5) is 14.5. The Morgan fingerprint density at radius 3 is 2.79 bits per heavy atom. The van der Waals surface area contributed by atoms with E-state index in [1.807, 2.05) is 11.8 Å². The molecule has 0 spiro atoms. The Hall–Kier alpha value is -1.52. The Morgan fingerprint density at radius 2 is 2.21 bits per heavy atom. The summed E-state index contributed by atoms with van der Waals surface area (Å²) >= 11 is 0. The Labute approximate surface area is 114 Å². The third-order valence-electron chi connectivity index (χ3n) is 3.97. The lowest BCUT2D eigenvalue weighted by Gasteiger charge is -2.17. The molecule has 5 heteroatoms. The summed E-state index contributed by atoms with van der Waals surface area (Å²) in [5.41, 5.74) is 7.96. The van der Waals surface area contributed by atoms with Gasteiger partial charge in [0.1, 0.15) is 5.69 Å². The van der Waals surface area contributed by atoms with E-state index >= 15 is 0 Å². The molecule has 0 bridgehead atoms. The first kappa shape index (κ1) is 13.9. The molecule has 1 aliphatic heterocycles. The maximum absolute atomic E-state index is 12.6. The van der Waals surface area contributed by atoms with Crippen molar-refractivity contribution in [2.75, 3.05) is 18.8 Å². The summed E-state index contributed by atoms with van der Waals surface area (Å²) in [5.74, 6) is 0.680. The Kier molecular flexibility index (Phi) is 4.12. The molecular formula is C14H24N4O. The van der Waals surface area contributed by atoms with Crippen molar-refractivity contribution < 1.29 is 4.79 Å². The number of nitrogen functional groups attached to an aromatic ring is 1. The van der Waals surface area contributed by atoms with Crippen molar-refractivity contribution in [1.82, 2.24) is 14.7 Å². The number of nitrogens with two attached hydrogens (primary N) is 1. The van der Waals surface area contributed by atoms with Crippen molar-refractivity contribution in [2.45, 2.75) is 39.5 Å². The summed E-state index contributed by atoms with van der Waals surface area (Å²) in [6.07, 6.45) is 4.24. The predicted molar refractivity (Wildman–Crippen MR) is 75.9 cm³/mol. The lowest BCUT2D eigenvalue weighted by molar-refractivity contribution is 0.0776. The van der Waals surface area contributed by atoms with Gasteiger partial charge in [0, 0.05) is 20.1 Å². The molecule has 2 heterocycles. The summed E-state index contributed by atoms with van der Waals surface area (Å²) in [6.45, 7) is 5.89. The minimum Gasteiger partial charge on any atom is -0.395 e. The van der Waals surface area contributed by atoms with E-state index in [0.29, 0.717) is 17.3 Å². The van der Waals surface area contributed by atoms with Gasteiger partial charge in [0.05, 0.1) is 11.4 Å². The molecule has 106 valence electrons. The van der Waals surface area contributed by atoms with Crippen LogP contribution in [0.15, 0.2) is 0 Å². The number of amides is 1. The van der Waals surface area contributed by atoms with Crippen molar-refractivity contribution >= 4 is 11.6 Å². The zero-order chi connectivity index (χ0) is 14.0. The number of hydrogen-bond donors (Lipinski definition) is 1. The zero-order valence-corrected chi connectivity index (χ0v) is 12.1. The first-order valence-corrected chi connectivity index (χ1v) is 7.19. The highest BCUT2D eigenvalue weighted by Gasteiger charge is 2.30. The van der Waals surface area contributed by atoms with Gasteiger partial charge in [-0.2, -0.15) is 5.10 Å². The van der Waals surface area contributed by atoms with Gasteiger partial charge in [-0.3, -0.25) is 9.48 Å². The van der Waals surface area contributed by atoms with Crippen LogP contribution in [-0.2, 0) is 13.5 Å². The standard InChI is InChI=1S/C14H24N4O/c1-4-6-10-7-8-18(9-10)14(19)13-12(15)11(5-2)16-17(13)3/h10H,4-9,15H2,1-3H3. The van der Waals surface area contributed by atoms with Crippen LogP contribution in [0.4, 0.5) is 5.69 Å². The molecule has 2 rings (SSSR count). The van der Waals surface area contributed by atoms with E-state index in [1.54, 1.807) is 11.7 Å².